The molecular formula is C10H22N2O. The van der Waals surface area contributed by atoms with Crippen LogP contribution >= 0.6 is 0 Å². The number of nitrogens with zero attached hydrogens (tertiary/aromatic N) is 1. The van der Waals surface area contributed by atoms with Gasteiger partial charge in [0, 0.05) is 25.2 Å². The summed E-state index contributed by atoms with van der Waals surface area (Å²) in [5, 5.41) is 12.1. The SMILES string of the molecule is C[C@@H]1CN(C)[C@H](C)C[C@@H]1NCCO. The zero-order valence-electron chi connectivity index (χ0n) is 8.95. The average molecular weight is 186 g/mol. The Kier molecular flexibility index (Phi) is 4.16. The van der Waals surface area contributed by atoms with Crippen molar-refractivity contribution in [3.8, 4) is 0 Å². The van der Waals surface area contributed by atoms with Crippen LogP contribution in [0.4, 0.5) is 0 Å². The molecule has 0 unspecified atom stereocenters. The number of likely N-dealkylation sites (tertiary alicyclic amines) is 1. The van der Waals surface area contributed by atoms with Crippen LogP contribution in [0.1, 0.15) is 20.3 Å². The Morgan fingerprint density at radius 3 is 2.77 bits per heavy atom. The minimum atomic E-state index is 0.243. The van der Waals surface area contributed by atoms with Crippen LogP contribution < -0.4 is 5.32 Å². The van der Waals surface area contributed by atoms with Crippen molar-refractivity contribution in [1.29, 1.82) is 0 Å². The highest BCUT2D eigenvalue weighted by Crippen LogP contribution is 2.20. The van der Waals surface area contributed by atoms with Gasteiger partial charge in [0.05, 0.1) is 6.61 Å². The van der Waals surface area contributed by atoms with E-state index >= 15 is 0 Å². The third-order valence-electron chi connectivity index (χ3n) is 3.13. The van der Waals surface area contributed by atoms with Crippen molar-refractivity contribution in [2.45, 2.75) is 32.4 Å². The van der Waals surface area contributed by atoms with E-state index in [0.29, 0.717) is 18.0 Å². The molecule has 0 amide bonds. The molecule has 1 heterocycles. The first kappa shape index (κ1) is 11.0. The molecule has 0 saturated carbocycles. The molecule has 2 N–H and O–H groups in total. The first-order valence-electron chi connectivity index (χ1n) is 5.19. The third-order valence-corrected chi connectivity index (χ3v) is 3.13. The van der Waals surface area contributed by atoms with E-state index in [-0.39, 0.29) is 6.61 Å². The van der Waals surface area contributed by atoms with Crippen LogP contribution in [-0.2, 0) is 0 Å². The maximum absolute atomic E-state index is 8.73. The van der Waals surface area contributed by atoms with E-state index in [1.807, 2.05) is 0 Å². The van der Waals surface area contributed by atoms with Crippen LogP contribution in [-0.4, -0.2) is 48.8 Å². The maximum atomic E-state index is 8.73. The van der Waals surface area contributed by atoms with E-state index in [1.165, 1.54) is 6.42 Å². The van der Waals surface area contributed by atoms with Gasteiger partial charge in [-0.2, -0.15) is 0 Å². The highest BCUT2D eigenvalue weighted by atomic mass is 16.3. The van der Waals surface area contributed by atoms with E-state index in [2.05, 4.69) is 31.1 Å². The highest BCUT2D eigenvalue weighted by Gasteiger charge is 2.27. The molecule has 0 bridgehead atoms. The van der Waals surface area contributed by atoms with Gasteiger partial charge >= 0.3 is 0 Å². The minimum absolute atomic E-state index is 0.243. The summed E-state index contributed by atoms with van der Waals surface area (Å²) in [6.45, 7) is 6.67. The predicted molar refractivity (Wildman–Crippen MR) is 54.7 cm³/mol. The normalized spacial score (nSPS) is 36.5. The largest absolute Gasteiger partial charge is 0.395 e. The summed E-state index contributed by atoms with van der Waals surface area (Å²) in [6, 6.07) is 1.24. The topological polar surface area (TPSA) is 35.5 Å². The molecule has 0 aromatic carbocycles. The lowest BCUT2D eigenvalue weighted by Crippen LogP contribution is -2.51. The van der Waals surface area contributed by atoms with Crippen molar-refractivity contribution < 1.29 is 5.11 Å². The molecule has 1 aliphatic heterocycles. The first-order valence-corrected chi connectivity index (χ1v) is 5.19. The summed E-state index contributed by atoms with van der Waals surface area (Å²) in [7, 11) is 2.18. The molecule has 3 nitrogen and oxygen atoms in total. The molecule has 0 aromatic rings. The van der Waals surface area contributed by atoms with E-state index in [4.69, 9.17) is 5.11 Å². The summed E-state index contributed by atoms with van der Waals surface area (Å²) in [6.07, 6.45) is 1.19. The molecule has 13 heavy (non-hydrogen) atoms. The molecule has 0 aliphatic carbocycles. The zero-order chi connectivity index (χ0) is 9.84. The quantitative estimate of drug-likeness (QED) is 0.665. The Morgan fingerprint density at radius 1 is 1.46 bits per heavy atom. The van der Waals surface area contributed by atoms with Crippen molar-refractivity contribution in [2.24, 2.45) is 5.92 Å². The molecule has 3 heteroatoms. The van der Waals surface area contributed by atoms with Gasteiger partial charge in [0.25, 0.3) is 0 Å². The molecule has 1 aliphatic rings. The molecule has 0 aromatic heterocycles. The van der Waals surface area contributed by atoms with Gasteiger partial charge in [0.1, 0.15) is 0 Å². The van der Waals surface area contributed by atoms with Gasteiger partial charge < -0.3 is 15.3 Å². The van der Waals surface area contributed by atoms with Crippen molar-refractivity contribution in [2.75, 3.05) is 26.7 Å². The number of hydrogen-bond acceptors (Lipinski definition) is 3. The Balaban J connectivity index is 2.37. The molecule has 0 radical (unpaired) electrons. The molecule has 78 valence electrons. The van der Waals surface area contributed by atoms with Crippen LogP contribution in [0.25, 0.3) is 0 Å². The van der Waals surface area contributed by atoms with E-state index in [9.17, 15) is 0 Å². The second kappa shape index (κ2) is 4.94. The van der Waals surface area contributed by atoms with Gasteiger partial charge in [-0.05, 0) is 26.3 Å². The number of piperidine rings is 1. The predicted octanol–water partition coefficient (Wildman–Crippen LogP) is 0.297. The van der Waals surface area contributed by atoms with E-state index in [0.717, 1.165) is 13.1 Å². The summed E-state index contributed by atoms with van der Waals surface area (Å²) in [5.74, 6) is 0.688. The van der Waals surface area contributed by atoms with Crippen molar-refractivity contribution in [1.82, 2.24) is 10.2 Å². The average Bonchev–Trinajstić information content (AvgIpc) is 2.09. The van der Waals surface area contributed by atoms with Crippen LogP contribution in [0.2, 0.25) is 0 Å². The lowest BCUT2D eigenvalue weighted by molar-refractivity contribution is 0.118. The number of rotatable bonds is 3. The second-order valence-electron chi connectivity index (χ2n) is 4.29. The van der Waals surface area contributed by atoms with Crippen molar-refractivity contribution >= 4 is 0 Å². The highest BCUT2D eigenvalue weighted by molar-refractivity contribution is 4.85. The van der Waals surface area contributed by atoms with Gasteiger partial charge in [-0.1, -0.05) is 6.92 Å². The third kappa shape index (κ3) is 2.93. The van der Waals surface area contributed by atoms with Crippen LogP contribution in [0.15, 0.2) is 0 Å². The lowest BCUT2D eigenvalue weighted by atomic mass is 9.90. The number of hydrogen-bond donors (Lipinski definition) is 2. The van der Waals surface area contributed by atoms with Crippen LogP contribution in [0.5, 0.6) is 0 Å². The Bertz CT molecular complexity index is 152. The maximum Gasteiger partial charge on any atom is 0.0556 e. The fourth-order valence-electron chi connectivity index (χ4n) is 2.08. The molecule has 3 atom stereocenters. The summed E-state index contributed by atoms with van der Waals surface area (Å²) >= 11 is 0. The van der Waals surface area contributed by atoms with Crippen molar-refractivity contribution in [3.63, 3.8) is 0 Å². The standard InChI is InChI=1S/C10H22N2O/c1-8-7-12(3)9(2)6-10(8)11-4-5-13/h8-11,13H,4-7H2,1-3H3/t8-,9-,10+/m1/s1. The van der Waals surface area contributed by atoms with Gasteiger partial charge in [-0.15, -0.1) is 0 Å². The lowest BCUT2D eigenvalue weighted by Gasteiger charge is -2.40. The van der Waals surface area contributed by atoms with E-state index in [1.54, 1.807) is 0 Å². The molecule has 0 spiro atoms. The fraction of sp³-hybridized carbons (Fsp3) is 1.00. The molecular weight excluding hydrogens is 164 g/mol. The van der Waals surface area contributed by atoms with Crippen LogP contribution in [0, 0.1) is 5.92 Å². The number of nitrogens with one attached hydrogen (secondary N) is 1. The molecule has 1 fully saturated rings. The van der Waals surface area contributed by atoms with Crippen LogP contribution in [0.3, 0.4) is 0 Å². The fourth-order valence-corrected chi connectivity index (χ4v) is 2.08. The van der Waals surface area contributed by atoms with Gasteiger partial charge in [0.15, 0.2) is 0 Å². The Hall–Kier alpha value is -0.120. The monoisotopic (exact) mass is 186 g/mol. The number of aliphatic hydroxyl groups is 1. The molecule has 1 rings (SSSR count). The second-order valence-corrected chi connectivity index (χ2v) is 4.29. The Labute approximate surface area is 81.1 Å². The summed E-state index contributed by atoms with van der Waals surface area (Å²) in [4.78, 5) is 2.40. The zero-order valence-corrected chi connectivity index (χ0v) is 8.95. The summed E-state index contributed by atoms with van der Waals surface area (Å²) < 4.78 is 0. The van der Waals surface area contributed by atoms with Gasteiger partial charge in [-0.3, -0.25) is 0 Å². The number of aliphatic hydroxyl groups excluding tert-OH is 1. The summed E-state index contributed by atoms with van der Waals surface area (Å²) in [5.41, 5.74) is 0. The first-order chi connectivity index (χ1) is 6.15. The molecule has 1 saturated heterocycles. The van der Waals surface area contributed by atoms with Crippen molar-refractivity contribution in [3.05, 3.63) is 0 Å². The minimum Gasteiger partial charge on any atom is -0.395 e. The Morgan fingerprint density at radius 2 is 2.15 bits per heavy atom. The van der Waals surface area contributed by atoms with E-state index < -0.39 is 0 Å². The smallest absolute Gasteiger partial charge is 0.0556 e. The van der Waals surface area contributed by atoms with Gasteiger partial charge in [-0.25, -0.2) is 0 Å². The van der Waals surface area contributed by atoms with Gasteiger partial charge in [0.2, 0.25) is 0 Å².